The van der Waals surface area contributed by atoms with E-state index in [-0.39, 0.29) is 23.8 Å². The maximum Gasteiger partial charge on any atom is 0.335 e. The lowest BCUT2D eigenvalue weighted by Crippen LogP contribution is -2.60. The molecule has 0 radical (unpaired) electrons. The zero-order valence-corrected chi connectivity index (χ0v) is 12.2. The van der Waals surface area contributed by atoms with E-state index in [0.29, 0.717) is 5.69 Å². The molecule has 116 valence electrons. The van der Waals surface area contributed by atoms with Crippen molar-refractivity contribution in [2.45, 2.75) is 38.5 Å². The third kappa shape index (κ3) is 2.45. The van der Waals surface area contributed by atoms with Crippen molar-refractivity contribution in [1.29, 1.82) is 0 Å². The van der Waals surface area contributed by atoms with Crippen LogP contribution in [0.15, 0.2) is 24.3 Å². The van der Waals surface area contributed by atoms with Crippen LogP contribution in [0, 0.1) is 5.41 Å². The summed E-state index contributed by atoms with van der Waals surface area (Å²) in [7, 11) is 0. The van der Waals surface area contributed by atoms with Crippen LogP contribution in [0.3, 0.4) is 0 Å². The molecule has 0 bridgehead atoms. The molecule has 2 amide bonds. The number of nitrogens with zero attached hydrogens (tertiary/aromatic N) is 1. The number of carboxylic acid groups (broad SMARTS) is 1. The first-order valence-electron chi connectivity index (χ1n) is 7.49. The predicted octanol–water partition coefficient (Wildman–Crippen LogP) is 2.10. The van der Waals surface area contributed by atoms with Gasteiger partial charge in [-0.3, -0.25) is 15.0 Å². The third-order valence-electron chi connectivity index (χ3n) is 4.58. The largest absolute Gasteiger partial charge is 0.478 e. The van der Waals surface area contributed by atoms with Crippen molar-refractivity contribution in [3.8, 4) is 0 Å². The number of benzene rings is 1. The second kappa shape index (κ2) is 5.44. The van der Waals surface area contributed by atoms with Gasteiger partial charge in [0.2, 0.25) is 5.91 Å². The molecule has 0 aromatic heterocycles. The summed E-state index contributed by atoms with van der Waals surface area (Å²) in [4.78, 5) is 35.8. The first-order chi connectivity index (χ1) is 10.5. The minimum atomic E-state index is -1.02. The molecule has 0 unspecified atom stereocenters. The summed E-state index contributed by atoms with van der Waals surface area (Å²) in [6.07, 6.45) is 4.75. The van der Waals surface area contributed by atoms with Gasteiger partial charge in [-0.05, 0) is 37.1 Å². The molecule has 2 aliphatic rings. The number of carboxylic acids is 1. The van der Waals surface area contributed by atoms with Crippen LogP contribution in [-0.4, -0.2) is 22.9 Å². The van der Waals surface area contributed by atoms with Gasteiger partial charge in [0.25, 0.3) is 5.91 Å². The molecule has 3 rings (SSSR count). The topological polar surface area (TPSA) is 86.7 Å². The number of nitrogens with one attached hydrogen (secondary N) is 1. The van der Waals surface area contributed by atoms with E-state index in [1.165, 1.54) is 17.1 Å². The van der Waals surface area contributed by atoms with Crippen LogP contribution in [0.4, 0.5) is 5.69 Å². The number of amides is 2. The molecule has 1 heterocycles. The van der Waals surface area contributed by atoms with Crippen molar-refractivity contribution in [1.82, 2.24) is 5.43 Å². The van der Waals surface area contributed by atoms with E-state index in [0.717, 1.165) is 32.1 Å². The first-order valence-corrected chi connectivity index (χ1v) is 7.49. The summed E-state index contributed by atoms with van der Waals surface area (Å²) in [5.74, 6) is -1.28. The third-order valence-corrected chi connectivity index (χ3v) is 4.58. The van der Waals surface area contributed by atoms with E-state index in [4.69, 9.17) is 5.11 Å². The van der Waals surface area contributed by atoms with Crippen LogP contribution in [0.25, 0.3) is 0 Å². The maximum atomic E-state index is 12.9. The number of rotatable bonds is 2. The molecular formula is C16H18N2O4. The quantitative estimate of drug-likeness (QED) is 0.876. The lowest BCUT2D eigenvalue weighted by atomic mass is 9.70. The van der Waals surface area contributed by atoms with E-state index in [1.807, 2.05) is 0 Å². The SMILES string of the molecule is O=C1CC2(CCCCC2)C(=O)N(c2ccc(C(=O)O)cc2)N1. The Balaban J connectivity index is 1.90. The molecule has 2 fully saturated rings. The molecule has 1 saturated heterocycles. The van der Waals surface area contributed by atoms with Crippen LogP contribution < -0.4 is 10.4 Å². The highest BCUT2D eigenvalue weighted by molar-refractivity contribution is 6.05. The molecule has 1 spiro atoms. The van der Waals surface area contributed by atoms with Crippen molar-refractivity contribution >= 4 is 23.5 Å². The van der Waals surface area contributed by atoms with Gasteiger partial charge in [-0.25, -0.2) is 9.80 Å². The Morgan fingerprint density at radius 3 is 2.32 bits per heavy atom. The fraction of sp³-hybridized carbons (Fsp3) is 0.438. The Hall–Kier alpha value is -2.37. The van der Waals surface area contributed by atoms with Crippen LogP contribution >= 0.6 is 0 Å². The van der Waals surface area contributed by atoms with Gasteiger partial charge in [0.15, 0.2) is 0 Å². The standard InChI is InChI=1S/C16H18N2O4/c19-13-10-16(8-2-1-3-9-16)15(22)18(17-13)12-6-4-11(5-7-12)14(20)21/h4-7H,1-3,8-10H2,(H,17,19)(H,20,21). The minimum Gasteiger partial charge on any atom is -0.478 e. The average molecular weight is 302 g/mol. The second-order valence-corrected chi connectivity index (χ2v) is 6.05. The first kappa shape index (κ1) is 14.6. The van der Waals surface area contributed by atoms with Crippen molar-refractivity contribution in [3.63, 3.8) is 0 Å². The number of carbonyl (C=O) groups is 3. The second-order valence-electron chi connectivity index (χ2n) is 6.05. The molecule has 1 aliphatic carbocycles. The normalized spacial score (nSPS) is 20.8. The molecule has 0 atom stereocenters. The number of hydrogen-bond acceptors (Lipinski definition) is 3. The number of hydrazine groups is 1. The monoisotopic (exact) mass is 302 g/mol. The van der Waals surface area contributed by atoms with Gasteiger partial charge in [-0.1, -0.05) is 19.3 Å². The highest BCUT2D eigenvalue weighted by Crippen LogP contribution is 2.43. The van der Waals surface area contributed by atoms with E-state index in [1.54, 1.807) is 12.1 Å². The van der Waals surface area contributed by atoms with Gasteiger partial charge in [-0.15, -0.1) is 0 Å². The van der Waals surface area contributed by atoms with Crippen molar-refractivity contribution in [2.24, 2.45) is 5.41 Å². The van der Waals surface area contributed by atoms with E-state index >= 15 is 0 Å². The van der Waals surface area contributed by atoms with E-state index in [9.17, 15) is 14.4 Å². The van der Waals surface area contributed by atoms with Crippen LogP contribution in [-0.2, 0) is 9.59 Å². The number of carbonyl (C=O) groups excluding carboxylic acids is 2. The van der Waals surface area contributed by atoms with Crippen molar-refractivity contribution in [2.75, 3.05) is 5.01 Å². The molecule has 1 saturated carbocycles. The molecule has 1 aliphatic heterocycles. The number of anilines is 1. The molecular weight excluding hydrogens is 284 g/mol. The van der Waals surface area contributed by atoms with Crippen molar-refractivity contribution < 1.29 is 19.5 Å². The van der Waals surface area contributed by atoms with Crippen LogP contribution in [0.5, 0.6) is 0 Å². The Kier molecular flexibility index (Phi) is 3.60. The summed E-state index contributed by atoms with van der Waals surface area (Å²) >= 11 is 0. The average Bonchev–Trinajstić information content (AvgIpc) is 2.52. The van der Waals surface area contributed by atoms with Gasteiger partial charge >= 0.3 is 5.97 Å². The zero-order valence-electron chi connectivity index (χ0n) is 12.2. The summed E-state index contributed by atoms with van der Waals surface area (Å²) in [6.45, 7) is 0. The Labute approximate surface area is 128 Å². The maximum absolute atomic E-state index is 12.9. The fourth-order valence-electron chi connectivity index (χ4n) is 3.39. The van der Waals surface area contributed by atoms with Gasteiger partial charge in [-0.2, -0.15) is 0 Å². The predicted molar refractivity (Wildman–Crippen MR) is 79.2 cm³/mol. The van der Waals surface area contributed by atoms with Crippen LogP contribution in [0.2, 0.25) is 0 Å². The van der Waals surface area contributed by atoms with Gasteiger partial charge < -0.3 is 5.11 Å². The van der Waals surface area contributed by atoms with Crippen LogP contribution in [0.1, 0.15) is 48.9 Å². The summed E-state index contributed by atoms with van der Waals surface area (Å²) < 4.78 is 0. The highest BCUT2D eigenvalue weighted by Gasteiger charge is 2.47. The molecule has 22 heavy (non-hydrogen) atoms. The lowest BCUT2D eigenvalue weighted by Gasteiger charge is -2.43. The van der Waals surface area contributed by atoms with E-state index in [2.05, 4.69) is 5.43 Å². The smallest absolute Gasteiger partial charge is 0.335 e. The molecule has 6 nitrogen and oxygen atoms in total. The van der Waals surface area contributed by atoms with Gasteiger partial charge in [0.05, 0.1) is 16.7 Å². The molecule has 2 N–H and O–H groups in total. The van der Waals surface area contributed by atoms with E-state index < -0.39 is 11.4 Å². The Morgan fingerprint density at radius 1 is 1.09 bits per heavy atom. The molecule has 1 aromatic rings. The van der Waals surface area contributed by atoms with Crippen molar-refractivity contribution in [3.05, 3.63) is 29.8 Å². The molecule has 6 heteroatoms. The lowest BCUT2D eigenvalue weighted by molar-refractivity contribution is -0.142. The number of aromatic carboxylic acids is 1. The Bertz CT molecular complexity index is 618. The number of hydrogen-bond donors (Lipinski definition) is 2. The minimum absolute atomic E-state index is 0.0881. The zero-order chi connectivity index (χ0) is 15.7. The Morgan fingerprint density at radius 2 is 1.73 bits per heavy atom. The molecule has 1 aromatic carbocycles. The summed E-state index contributed by atoms with van der Waals surface area (Å²) in [5, 5.41) is 10.2. The highest BCUT2D eigenvalue weighted by atomic mass is 16.4. The summed E-state index contributed by atoms with van der Waals surface area (Å²) in [6, 6.07) is 5.95. The van der Waals surface area contributed by atoms with Gasteiger partial charge in [0.1, 0.15) is 0 Å². The van der Waals surface area contributed by atoms with Gasteiger partial charge in [0, 0.05) is 6.42 Å². The summed E-state index contributed by atoms with van der Waals surface area (Å²) in [5.41, 5.74) is 2.65. The fourth-order valence-corrected chi connectivity index (χ4v) is 3.39.